The van der Waals surface area contributed by atoms with E-state index in [0.717, 1.165) is 36.8 Å². The zero-order valence-electron chi connectivity index (χ0n) is 24.7. The van der Waals surface area contributed by atoms with Gasteiger partial charge in [0.05, 0.1) is 36.2 Å². The number of esters is 1. The van der Waals surface area contributed by atoms with Crippen LogP contribution in [0.2, 0.25) is 0 Å². The number of ether oxygens (including phenoxy) is 1. The van der Waals surface area contributed by atoms with Crippen LogP contribution >= 0.6 is 0 Å². The number of piperazine rings is 1. The maximum atomic E-state index is 13.8. The summed E-state index contributed by atoms with van der Waals surface area (Å²) in [5.41, 5.74) is 3.34. The largest absolute Gasteiger partial charge is 0.465 e. The predicted octanol–water partition coefficient (Wildman–Crippen LogP) is 2.95. The third-order valence-electron chi connectivity index (χ3n) is 7.66. The van der Waals surface area contributed by atoms with Gasteiger partial charge in [-0.05, 0) is 42.9 Å². The second-order valence-electron chi connectivity index (χ2n) is 10.6. The van der Waals surface area contributed by atoms with Gasteiger partial charge in [-0.1, -0.05) is 30.3 Å². The number of pyridine rings is 1. The van der Waals surface area contributed by atoms with E-state index in [1.807, 2.05) is 54.6 Å². The minimum atomic E-state index is -0.628. The molecule has 2 aliphatic rings. The molecule has 0 radical (unpaired) electrons. The van der Waals surface area contributed by atoms with Crippen molar-refractivity contribution in [2.24, 2.45) is 0 Å². The fourth-order valence-corrected chi connectivity index (χ4v) is 5.15. The summed E-state index contributed by atoms with van der Waals surface area (Å²) in [7, 11) is 5.09. The monoisotopic (exact) mass is 582 g/mol. The van der Waals surface area contributed by atoms with Crippen molar-refractivity contribution in [1.29, 1.82) is 0 Å². The highest BCUT2D eigenvalue weighted by Gasteiger charge is 2.39. The first-order valence-electron chi connectivity index (χ1n) is 14.0. The number of benzene rings is 2. The molecule has 1 aromatic heterocycles. The molecule has 1 N–H and O–H groups in total. The Morgan fingerprint density at radius 2 is 1.65 bits per heavy atom. The smallest absolute Gasteiger partial charge is 0.339 e. The van der Waals surface area contributed by atoms with Crippen LogP contribution in [0.1, 0.15) is 28.5 Å². The molecule has 43 heavy (non-hydrogen) atoms. The van der Waals surface area contributed by atoms with E-state index in [-0.39, 0.29) is 28.4 Å². The quantitative estimate of drug-likeness (QED) is 0.332. The summed E-state index contributed by atoms with van der Waals surface area (Å²) in [6.45, 7) is 5.24. The molecule has 0 bridgehead atoms. The lowest BCUT2D eigenvalue weighted by Crippen LogP contribution is -2.48. The SMILES string of the molecule is COC(=O)c1cnc2c(c1)N(C(C)=O)C(=O)/C2=C(/Nc1ccc(N(C)C(=O)CN2CCN(C)CC2)cc1)c1ccccc1. The van der Waals surface area contributed by atoms with Gasteiger partial charge in [0.25, 0.3) is 5.91 Å². The third kappa shape index (κ3) is 6.18. The Morgan fingerprint density at radius 3 is 2.28 bits per heavy atom. The molecule has 0 saturated carbocycles. The van der Waals surface area contributed by atoms with Gasteiger partial charge in [0, 0.05) is 57.7 Å². The molecule has 222 valence electrons. The van der Waals surface area contributed by atoms with Crippen LogP contribution in [0.5, 0.6) is 0 Å². The number of imide groups is 1. The minimum Gasteiger partial charge on any atom is -0.465 e. The molecule has 3 heterocycles. The average molecular weight is 583 g/mol. The number of rotatable bonds is 7. The normalized spacial score (nSPS) is 16.5. The Morgan fingerprint density at radius 1 is 0.977 bits per heavy atom. The van der Waals surface area contributed by atoms with Crippen molar-refractivity contribution in [2.45, 2.75) is 6.92 Å². The molecule has 0 atom stereocenters. The first-order chi connectivity index (χ1) is 20.7. The maximum Gasteiger partial charge on any atom is 0.339 e. The number of carbonyl (C=O) groups is 4. The molecule has 2 aliphatic heterocycles. The highest BCUT2D eigenvalue weighted by Crippen LogP contribution is 2.40. The van der Waals surface area contributed by atoms with E-state index >= 15 is 0 Å². The topological polar surface area (TPSA) is 115 Å². The van der Waals surface area contributed by atoms with Crippen LogP contribution in [0.3, 0.4) is 0 Å². The number of methoxy groups -OCH3 is 1. The first-order valence-corrected chi connectivity index (χ1v) is 14.0. The van der Waals surface area contributed by atoms with Gasteiger partial charge in [0.15, 0.2) is 0 Å². The highest BCUT2D eigenvalue weighted by molar-refractivity contribution is 6.43. The van der Waals surface area contributed by atoms with Crippen molar-refractivity contribution < 1.29 is 23.9 Å². The molecule has 0 spiro atoms. The molecule has 3 amide bonds. The summed E-state index contributed by atoms with van der Waals surface area (Å²) < 4.78 is 4.80. The lowest BCUT2D eigenvalue weighted by atomic mass is 10.0. The van der Waals surface area contributed by atoms with Gasteiger partial charge in [-0.25, -0.2) is 9.69 Å². The number of carbonyl (C=O) groups excluding carboxylic acids is 4. The molecular weight excluding hydrogens is 548 g/mol. The molecule has 1 fully saturated rings. The van der Waals surface area contributed by atoms with Crippen molar-refractivity contribution in [3.63, 3.8) is 0 Å². The van der Waals surface area contributed by atoms with Crippen molar-refractivity contribution in [2.75, 3.05) is 69.0 Å². The van der Waals surface area contributed by atoms with Crippen LogP contribution in [0, 0.1) is 0 Å². The Bertz CT molecular complexity index is 1580. The van der Waals surface area contributed by atoms with Gasteiger partial charge in [0.1, 0.15) is 5.69 Å². The summed E-state index contributed by atoms with van der Waals surface area (Å²) >= 11 is 0. The number of amides is 3. The van der Waals surface area contributed by atoms with Gasteiger partial charge < -0.3 is 19.9 Å². The number of hydrogen-bond acceptors (Lipinski definition) is 9. The average Bonchev–Trinajstić information content (AvgIpc) is 3.31. The van der Waals surface area contributed by atoms with Crippen molar-refractivity contribution in [1.82, 2.24) is 14.8 Å². The fourth-order valence-electron chi connectivity index (χ4n) is 5.15. The molecule has 11 nitrogen and oxygen atoms in total. The lowest BCUT2D eigenvalue weighted by molar-refractivity contribution is -0.122. The van der Waals surface area contributed by atoms with E-state index in [4.69, 9.17) is 4.74 Å². The van der Waals surface area contributed by atoms with Crippen LogP contribution in [0.4, 0.5) is 17.1 Å². The van der Waals surface area contributed by atoms with Crippen molar-refractivity contribution >= 4 is 52.0 Å². The summed E-state index contributed by atoms with van der Waals surface area (Å²) in [5, 5.41) is 3.35. The molecule has 3 aromatic rings. The van der Waals surface area contributed by atoms with Crippen LogP contribution in [0.15, 0.2) is 66.9 Å². The summed E-state index contributed by atoms with van der Waals surface area (Å²) in [5.74, 6) is -1.69. The molecule has 5 rings (SSSR count). The molecule has 1 saturated heterocycles. The number of fused-ring (bicyclic) bond motifs is 1. The maximum absolute atomic E-state index is 13.8. The summed E-state index contributed by atoms with van der Waals surface area (Å²) in [6.07, 6.45) is 1.33. The van der Waals surface area contributed by atoms with Gasteiger partial charge in [-0.15, -0.1) is 0 Å². The first kappa shape index (κ1) is 29.6. The van der Waals surface area contributed by atoms with E-state index in [1.54, 1.807) is 11.9 Å². The second kappa shape index (κ2) is 12.6. The molecule has 0 aliphatic carbocycles. The Kier molecular flexibility index (Phi) is 8.65. The lowest BCUT2D eigenvalue weighted by Gasteiger charge is -2.32. The minimum absolute atomic E-state index is 0.00670. The number of aromatic nitrogens is 1. The Labute approximate surface area is 250 Å². The van der Waals surface area contributed by atoms with Crippen LogP contribution in [-0.4, -0.2) is 92.4 Å². The summed E-state index contributed by atoms with van der Waals surface area (Å²) in [6, 6.07) is 18.0. The number of hydrogen-bond donors (Lipinski definition) is 1. The van der Waals surface area contributed by atoms with Gasteiger partial charge in [-0.2, -0.15) is 0 Å². The predicted molar refractivity (Wildman–Crippen MR) is 164 cm³/mol. The second-order valence-corrected chi connectivity index (χ2v) is 10.6. The van der Waals surface area contributed by atoms with Crippen molar-refractivity contribution in [3.8, 4) is 0 Å². The van der Waals surface area contributed by atoms with E-state index in [2.05, 4.69) is 27.1 Å². The zero-order chi connectivity index (χ0) is 30.7. The molecule has 0 unspecified atom stereocenters. The Hall–Kier alpha value is -4.87. The fraction of sp³-hybridized carbons (Fsp3) is 0.281. The number of nitrogens with zero attached hydrogens (tertiary/aromatic N) is 5. The number of nitrogens with one attached hydrogen (secondary N) is 1. The Balaban J connectivity index is 1.47. The van der Waals surface area contributed by atoms with E-state index in [1.165, 1.54) is 26.3 Å². The van der Waals surface area contributed by atoms with Gasteiger partial charge in [-0.3, -0.25) is 24.3 Å². The van der Waals surface area contributed by atoms with E-state index < -0.39 is 17.8 Å². The van der Waals surface area contributed by atoms with Crippen LogP contribution in [-0.2, 0) is 19.1 Å². The molecule has 11 heteroatoms. The highest BCUT2D eigenvalue weighted by atomic mass is 16.5. The van der Waals surface area contributed by atoms with Crippen molar-refractivity contribution in [3.05, 3.63) is 83.7 Å². The zero-order valence-corrected chi connectivity index (χ0v) is 24.7. The number of likely N-dealkylation sites (N-methyl/N-ethyl adjacent to an activating group) is 2. The van der Waals surface area contributed by atoms with Crippen LogP contribution in [0.25, 0.3) is 11.3 Å². The van der Waals surface area contributed by atoms with E-state index in [0.29, 0.717) is 23.5 Å². The van der Waals surface area contributed by atoms with Gasteiger partial charge >= 0.3 is 5.97 Å². The van der Waals surface area contributed by atoms with Crippen LogP contribution < -0.4 is 15.1 Å². The van der Waals surface area contributed by atoms with E-state index in [9.17, 15) is 19.2 Å². The van der Waals surface area contributed by atoms with Gasteiger partial charge in [0.2, 0.25) is 11.8 Å². The number of anilines is 3. The molecular formula is C32H34N6O5. The standard InChI is InChI=1S/C32H34N6O5/c1-21(39)38-26-18-23(32(42)43-4)19-33-30(26)28(31(38)41)29(22-8-6-5-7-9-22)34-24-10-12-25(13-11-24)36(3)27(40)20-37-16-14-35(2)15-17-37/h5-13,18-19,34H,14-17,20H2,1-4H3/b29-28+. The third-order valence-corrected chi connectivity index (χ3v) is 7.66. The summed E-state index contributed by atoms with van der Waals surface area (Å²) in [4.78, 5) is 63.0. The molecule has 2 aromatic carbocycles.